The molecule has 0 aliphatic carbocycles. The molecule has 0 aliphatic heterocycles. The van der Waals surface area contributed by atoms with Gasteiger partial charge in [0.2, 0.25) is 0 Å². The number of esters is 1. The number of rotatable bonds is 21. The summed E-state index contributed by atoms with van der Waals surface area (Å²) in [6.07, 6.45) is 5.81. The molecule has 0 aromatic heterocycles. The van der Waals surface area contributed by atoms with Crippen LogP contribution in [-0.4, -0.2) is 55.6 Å². The molecular formula is C36H66O6Si2. The van der Waals surface area contributed by atoms with Gasteiger partial charge in [0.25, 0.3) is 0 Å². The molecule has 1 aromatic carbocycles. The van der Waals surface area contributed by atoms with E-state index in [9.17, 15) is 4.79 Å². The van der Waals surface area contributed by atoms with E-state index < -0.39 is 16.6 Å². The van der Waals surface area contributed by atoms with Crippen LogP contribution < -0.4 is 4.74 Å². The number of ether oxygens (including phenoxy) is 3. The van der Waals surface area contributed by atoms with Crippen LogP contribution in [0.15, 0.2) is 35.9 Å². The van der Waals surface area contributed by atoms with E-state index in [-0.39, 0.29) is 29.1 Å². The highest BCUT2D eigenvalue weighted by molar-refractivity contribution is 6.74. The fourth-order valence-electron chi connectivity index (χ4n) is 5.50. The Labute approximate surface area is 272 Å². The number of hydrogen-bond donors (Lipinski definition) is 0. The van der Waals surface area contributed by atoms with Crippen molar-refractivity contribution < 1.29 is 27.9 Å². The average Bonchev–Trinajstić information content (AvgIpc) is 3.00. The van der Waals surface area contributed by atoms with Gasteiger partial charge in [-0.25, -0.2) is 4.79 Å². The molecule has 6 nitrogen and oxygen atoms in total. The summed E-state index contributed by atoms with van der Waals surface area (Å²) >= 11 is 0. The maximum atomic E-state index is 12.0. The smallest absolute Gasteiger partial charge is 0.333 e. The minimum absolute atomic E-state index is 0.0811. The largest absolute Gasteiger partial charge is 0.497 e. The first-order chi connectivity index (χ1) is 20.6. The van der Waals surface area contributed by atoms with E-state index in [0.29, 0.717) is 24.7 Å². The van der Waals surface area contributed by atoms with Crippen LogP contribution in [0.1, 0.15) is 93.6 Å². The standard InChI is InChI=1S/C36H66O6Si2/c1-14-44(15-2,16-3)42-34(28(4)19-17-20-29(5)35(37)39-11)30(6)33(41-43(12,13)36(7,8)9)21-18-26-40-27-31-22-24-32(38-10)25-23-31/h20,22-25,28,30,33-34H,14-19,21,26-27H2,1-13H3/b29-20+/t28-,30-,33-,34+/m0/s1. The van der Waals surface area contributed by atoms with Crippen molar-refractivity contribution in [2.45, 2.75) is 143 Å². The van der Waals surface area contributed by atoms with Crippen LogP contribution in [0.3, 0.4) is 0 Å². The van der Waals surface area contributed by atoms with Crippen molar-refractivity contribution in [2.24, 2.45) is 11.8 Å². The van der Waals surface area contributed by atoms with E-state index >= 15 is 0 Å². The third-order valence-electron chi connectivity index (χ3n) is 10.0. The van der Waals surface area contributed by atoms with Crippen molar-refractivity contribution in [1.29, 1.82) is 0 Å². The lowest BCUT2D eigenvalue weighted by molar-refractivity contribution is -0.136. The Morgan fingerprint density at radius 1 is 0.932 bits per heavy atom. The van der Waals surface area contributed by atoms with Gasteiger partial charge in [-0.05, 0) is 92.5 Å². The van der Waals surface area contributed by atoms with Gasteiger partial charge in [0, 0.05) is 18.1 Å². The van der Waals surface area contributed by atoms with Gasteiger partial charge < -0.3 is 23.1 Å². The Balaban J connectivity index is 3.20. The molecule has 0 aliphatic rings. The zero-order valence-electron chi connectivity index (χ0n) is 30.5. The summed E-state index contributed by atoms with van der Waals surface area (Å²) in [6, 6.07) is 11.4. The van der Waals surface area contributed by atoms with E-state index in [1.165, 1.54) is 7.11 Å². The molecule has 0 amide bonds. The molecule has 8 heteroatoms. The maximum Gasteiger partial charge on any atom is 0.333 e. The molecule has 0 fully saturated rings. The number of methoxy groups -OCH3 is 2. The fourth-order valence-corrected chi connectivity index (χ4v) is 9.96. The predicted molar refractivity (Wildman–Crippen MR) is 189 cm³/mol. The molecule has 0 N–H and O–H groups in total. The second-order valence-electron chi connectivity index (χ2n) is 14.1. The quantitative estimate of drug-likeness (QED) is 0.0571. The second kappa shape index (κ2) is 19.3. The van der Waals surface area contributed by atoms with Gasteiger partial charge in [-0.2, -0.15) is 0 Å². The second-order valence-corrected chi connectivity index (χ2v) is 23.6. The average molecular weight is 651 g/mol. The lowest BCUT2D eigenvalue weighted by atomic mass is 9.85. The summed E-state index contributed by atoms with van der Waals surface area (Å²) in [4.78, 5) is 12.0. The zero-order chi connectivity index (χ0) is 33.6. The summed E-state index contributed by atoms with van der Waals surface area (Å²) in [6.45, 7) is 26.3. The lowest BCUT2D eigenvalue weighted by Crippen LogP contribution is -2.51. The maximum absolute atomic E-state index is 12.0. The number of allylic oxidation sites excluding steroid dienone is 1. The summed E-state index contributed by atoms with van der Waals surface area (Å²) in [5.74, 6) is 1.14. The van der Waals surface area contributed by atoms with E-state index in [1.807, 2.05) is 25.1 Å². The van der Waals surface area contributed by atoms with Crippen LogP contribution >= 0.6 is 0 Å². The summed E-state index contributed by atoms with van der Waals surface area (Å²) in [5, 5.41) is 0.114. The van der Waals surface area contributed by atoms with E-state index in [4.69, 9.17) is 23.1 Å². The summed E-state index contributed by atoms with van der Waals surface area (Å²) < 4.78 is 30.9. The minimum atomic E-state index is -2.04. The molecule has 0 heterocycles. The van der Waals surface area contributed by atoms with Crippen LogP contribution in [0.25, 0.3) is 0 Å². The molecule has 0 saturated carbocycles. The number of carbonyl (C=O) groups excluding carboxylic acids is 1. The first kappa shape index (κ1) is 40.6. The van der Waals surface area contributed by atoms with Crippen molar-refractivity contribution in [3.63, 3.8) is 0 Å². The first-order valence-corrected chi connectivity index (χ1v) is 22.3. The summed E-state index contributed by atoms with van der Waals surface area (Å²) in [5.41, 5.74) is 1.81. The van der Waals surface area contributed by atoms with Gasteiger partial charge in [-0.1, -0.05) is 73.6 Å². The van der Waals surface area contributed by atoms with Crippen LogP contribution in [0.4, 0.5) is 0 Å². The predicted octanol–water partition coefficient (Wildman–Crippen LogP) is 9.94. The van der Waals surface area contributed by atoms with Crippen molar-refractivity contribution >= 4 is 22.6 Å². The van der Waals surface area contributed by atoms with Crippen LogP contribution in [0.2, 0.25) is 36.3 Å². The topological polar surface area (TPSA) is 63.2 Å². The minimum Gasteiger partial charge on any atom is -0.497 e. The van der Waals surface area contributed by atoms with Gasteiger partial charge >= 0.3 is 5.97 Å². The van der Waals surface area contributed by atoms with Crippen LogP contribution in [-0.2, 0) is 29.7 Å². The molecule has 0 spiro atoms. The SMILES string of the molecule is CC[Si](CC)(CC)O[C@@H]([C@@H](C)[C@H](CCCOCc1ccc(OC)cc1)O[Si](C)(C)C(C)(C)C)[C@@H](C)CC/C=C(\C)C(=O)OC. The van der Waals surface area contributed by atoms with Crippen molar-refractivity contribution in [2.75, 3.05) is 20.8 Å². The normalized spacial score (nSPS) is 15.9. The molecule has 4 atom stereocenters. The lowest BCUT2D eigenvalue weighted by Gasteiger charge is -2.45. The Kier molecular flexibility index (Phi) is 17.8. The first-order valence-electron chi connectivity index (χ1n) is 16.9. The number of carbonyl (C=O) groups is 1. The zero-order valence-corrected chi connectivity index (χ0v) is 32.5. The van der Waals surface area contributed by atoms with Crippen molar-refractivity contribution in [1.82, 2.24) is 0 Å². The van der Waals surface area contributed by atoms with E-state index in [2.05, 4.69) is 80.6 Å². The van der Waals surface area contributed by atoms with E-state index in [1.54, 1.807) is 7.11 Å². The molecule has 0 radical (unpaired) electrons. The molecule has 1 rings (SSSR count). The third kappa shape index (κ3) is 12.7. The van der Waals surface area contributed by atoms with Crippen LogP contribution in [0.5, 0.6) is 5.75 Å². The highest BCUT2D eigenvalue weighted by Gasteiger charge is 2.43. The van der Waals surface area contributed by atoms with Crippen molar-refractivity contribution in [3.05, 3.63) is 41.5 Å². The monoisotopic (exact) mass is 650 g/mol. The molecule has 1 aromatic rings. The molecule has 0 saturated heterocycles. The Morgan fingerprint density at radius 2 is 1.52 bits per heavy atom. The van der Waals surface area contributed by atoms with Crippen molar-refractivity contribution in [3.8, 4) is 5.75 Å². The van der Waals surface area contributed by atoms with Gasteiger partial charge in [-0.3, -0.25) is 0 Å². The molecule has 0 bridgehead atoms. The molecule has 44 heavy (non-hydrogen) atoms. The van der Waals surface area contributed by atoms with Gasteiger partial charge in [0.05, 0.1) is 33.0 Å². The Hall–Kier alpha value is -1.46. The third-order valence-corrected chi connectivity index (χ3v) is 19.2. The van der Waals surface area contributed by atoms with Gasteiger partial charge in [0.1, 0.15) is 5.75 Å². The highest BCUT2D eigenvalue weighted by atomic mass is 28.4. The fraction of sp³-hybridized carbons (Fsp3) is 0.750. The van der Waals surface area contributed by atoms with Gasteiger partial charge in [0.15, 0.2) is 16.6 Å². The number of hydrogen-bond acceptors (Lipinski definition) is 6. The number of benzene rings is 1. The highest BCUT2D eigenvalue weighted by Crippen LogP contribution is 2.41. The summed E-state index contributed by atoms with van der Waals surface area (Å²) in [7, 11) is -0.808. The Bertz CT molecular complexity index is 973. The molecule has 254 valence electrons. The molecule has 0 unspecified atom stereocenters. The van der Waals surface area contributed by atoms with E-state index in [0.717, 1.165) is 55.1 Å². The van der Waals surface area contributed by atoms with Crippen LogP contribution in [0, 0.1) is 11.8 Å². The molecular weight excluding hydrogens is 585 g/mol. The van der Waals surface area contributed by atoms with Gasteiger partial charge in [-0.15, -0.1) is 0 Å². The Morgan fingerprint density at radius 3 is 2.02 bits per heavy atom.